The van der Waals surface area contributed by atoms with Crippen LogP contribution in [0.4, 0.5) is 5.69 Å². The molecule has 98 valence electrons. The minimum absolute atomic E-state index is 0.131. The highest BCUT2D eigenvalue weighted by Crippen LogP contribution is 2.28. The van der Waals surface area contributed by atoms with Gasteiger partial charge in [0.15, 0.2) is 5.75 Å². The Labute approximate surface area is 106 Å². The van der Waals surface area contributed by atoms with Crippen LogP contribution in [0.5, 0.6) is 11.6 Å². The monoisotopic (exact) mass is 263 g/mol. The Balaban J connectivity index is 2.42. The Kier molecular flexibility index (Phi) is 3.15. The predicted molar refractivity (Wildman–Crippen MR) is 63.5 cm³/mol. The lowest BCUT2D eigenvalue weighted by molar-refractivity contribution is -0.384. The molecule has 0 aliphatic carbocycles. The van der Waals surface area contributed by atoms with E-state index in [1.54, 1.807) is 13.0 Å². The van der Waals surface area contributed by atoms with Crippen molar-refractivity contribution in [3.8, 4) is 11.6 Å². The zero-order valence-corrected chi connectivity index (χ0v) is 9.78. The molecule has 0 radical (unpaired) electrons. The van der Waals surface area contributed by atoms with Gasteiger partial charge in [0.2, 0.25) is 5.88 Å². The van der Waals surface area contributed by atoms with Crippen molar-refractivity contribution in [2.75, 3.05) is 0 Å². The smallest absolute Gasteiger partial charge is 0.339 e. The second-order valence-electron chi connectivity index (χ2n) is 3.73. The van der Waals surface area contributed by atoms with E-state index >= 15 is 0 Å². The highest BCUT2D eigenvalue weighted by atomic mass is 16.6. The zero-order chi connectivity index (χ0) is 14.0. The van der Waals surface area contributed by atoms with Crippen LogP contribution >= 0.6 is 0 Å². The van der Waals surface area contributed by atoms with Crippen LogP contribution in [-0.2, 0) is 0 Å². The van der Waals surface area contributed by atoms with Crippen molar-refractivity contribution in [2.24, 2.45) is 0 Å². The number of benzene rings is 1. The van der Waals surface area contributed by atoms with Crippen LogP contribution in [-0.4, -0.2) is 26.2 Å². The van der Waals surface area contributed by atoms with E-state index in [1.165, 1.54) is 0 Å². The van der Waals surface area contributed by atoms with Crippen LogP contribution in [0.1, 0.15) is 16.1 Å². The van der Waals surface area contributed by atoms with Crippen LogP contribution < -0.4 is 4.74 Å². The lowest BCUT2D eigenvalue weighted by atomic mass is 10.2. The summed E-state index contributed by atoms with van der Waals surface area (Å²) in [4.78, 5) is 21.1. The van der Waals surface area contributed by atoms with Gasteiger partial charge < -0.3 is 9.84 Å². The van der Waals surface area contributed by atoms with Crippen LogP contribution in [0, 0.1) is 17.0 Å². The fourth-order valence-corrected chi connectivity index (χ4v) is 1.44. The van der Waals surface area contributed by atoms with Gasteiger partial charge in [0.1, 0.15) is 5.56 Å². The molecule has 1 heterocycles. The number of H-pyrrole nitrogens is 1. The van der Waals surface area contributed by atoms with E-state index in [0.29, 0.717) is 0 Å². The van der Waals surface area contributed by atoms with Gasteiger partial charge in [-0.05, 0) is 13.0 Å². The van der Waals surface area contributed by atoms with Gasteiger partial charge >= 0.3 is 5.97 Å². The molecule has 2 aromatic rings. The number of ether oxygens (including phenoxy) is 1. The quantitative estimate of drug-likeness (QED) is 0.644. The highest BCUT2D eigenvalue weighted by molar-refractivity contribution is 5.91. The molecule has 19 heavy (non-hydrogen) atoms. The molecule has 0 atom stereocenters. The molecule has 0 saturated heterocycles. The summed E-state index contributed by atoms with van der Waals surface area (Å²) in [6, 6.07) is 4.82. The Bertz CT molecular complexity index is 650. The summed E-state index contributed by atoms with van der Waals surface area (Å²) in [5, 5.41) is 26.1. The van der Waals surface area contributed by atoms with Gasteiger partial charge in [0, 0.05) is 17.8 Å². The first-order valence-electron chi connectivity index (χ1n) is 5.19. The topological polar surface area (TPSA) is 118 Å². The van der Waals surface area contributed by atoms with Crippen LogP contribution in [0.25, 0.3) is 0 Å². The van der Waals surface area contributed by atoms with E-state index in [1.807, 2.05) is 0 Å². The van der Waals surface area contributed by atoms with Gasteiger partial charge in [-0.25, -0.2) is 4.79 Å². The average Bonchev–Trinajstić information content (AvgIpc) is 2.74. The summed E-state index contributed by atoms with van der Waals surface area (Å²) in [7, 11) is 0. The number of nitrogens with zero attached hydrogens (tertiary/aromatic N) is 2. The number of nitrogens with one attached hydrogen (secondary N) is 1. The number of rotatable bonds is 4. The molecule has 0 aliphatic rings. The molecular formula is C11H9N3O5. The maximum atomic E-state index is 11.0. The van der Waals surface area contributed by atoms with Crippen LogP contribution in [0.3, 0.4) is 0 Å². The fraction of sp³-hybridized carbons (Fsp3) is 0.0909. The maximum Gasteiger partial charge on any atom is 0.339 e. The normalized spacial score (nSPS) is 10.2. The van der Waals surface area contributed by atoms with E-state index in [-0.39, 0.29) is 22.9 Å². The van der Waals surface area contributed by atoms with Gasteiger partial charge in [-0.15, -0.1) is 5.10 Å². The second-order valence-corrected chi connectivity index (χ2v) is 3.73. The van der Waals surface area contributed by atoms with Crippen molar-refractivity contribution in [3.05, 3.63) is 45.6 Å². The number of hydrogen-bond donors (Lipinski definition) is 2. The molecule has 0 aliphatic heterocycles. The van der Waals surface area contributed by atoms with Gasteiger partial charge in [-0.2, -0.15) is 0 Å². The molecule has 0 bridgehead atoms. The number of aromatic amines is 1. The average molecular weight is 263 g/mol. The maximum absolute atomic E-state index is 11.0. The van der Waals surface area contributed by atoms with Crippen molar-refractivity contribution in [1.29, 1.82) is 0 Å². The molecule has 8 nitrogen and oxygen atoms in total. The van der Waals surface area contributed by atoms with E-state index < -0.39 is 10.9 Å². The molecule has 0 spiro atoms. The number of aryl methyl sites for hydroxylation is 1. The minimum Gasteiger partial charge on any atom is -0.478 e. The number of carbonyl (C=O) groups is 1. The number of nitro groups is 1. The number of carboxylic acid groups (broad SMARTS) is 1. The number of aromatic nitrogens is 2. The molecule has 0 saturated carbocycles. The molecule has 2 rings (SSSR count). The summed E-state index contributed by atoms with van der Waals surface area (Å²) >= 11 is 0. The fourth-order valence-electron chi connectivity index (χ4n) is 1.44. The molecule has 1 aromatic carbocycles. The Hall–Kier alpha value is -2.90. The number of aromatic carboxylic acids is 1. The van der Waals surface area contributed by atoms with E-state index in [4.69, 9.17) is 9.84 Å². The van der Waals surface area contributed by atoms with Crippen molar-refractivity contribution < 1.29 is 19.6 Å². The molecule has 2 N–H and O–H groups in total. The van der Waals surface area contributed by atoms with Crippen molar-refractivity contribution in [2.45, 2.75) is 6.92 Å². The van der Waals surface area contributed by atoms with E-state index in [0.717, 1.165) is 23.9 Å². The highest BCUT2D eigenvalue weighted by Gasteiger charge is 2.17. The van der Waals surface area contributed by atoms with Gasteiger partial charge in [-0.1, -0.05) is 0 Å². The second kappa shape index (κ2) is 4.77. The van der Waals surface area contributed by atoms with Crippen molar-refractivity contribution in [1.82, 2.24) is 10.2 Å². The minimum atomic E-state index is -1.24. The lowest BCUT2D eigenvalue weighted by Crippen LogP contribution is -2.01. The first-order chi connectivity index (χ1) is 8.97. The molecular weight excluding hydrogens is 254 g/mol. The predicted octanol–water partition coefficient (Wildman–Crippen LogP) is 2.12. The lowest BCUT2D eigenvalue weighted by Gasteiger charge is -2.05. The summed E-state index contributed by atoms with van der Waals surface area (Å²) < 4.78 is 5.25. The number of nitro benzene ring substituents is 1. The molecule has 1 aromatic heterocycles. The van der Waals surface area contributed by atoms with Crippen LogP contribution in [0.2, 0.25) is 0 Å². The summed E-state index contributed by atoms with van der Waals surface area (Å²) in [6.45, 7) is 1.74. The third kappa shape index (κ3) is 2.68. The van der Waals surface area contributed by atoms with E-state index in [2.05, 4.69) is 10.2 Å². The number of non-ortho nitro benzene ring substituents is 1. The van der Waals surface area contributed by atoms with Crippen LogP contribution in [0.15, 0.2) is 24.3 Å². The molecule has 0 unspecified atom stereocenters. The zero-order valence-electron chi connectivity index (χ0n) is 9.78. The third-order valence-electron chi connectivity index (χ3n) is 2.30. The summed E-state index contributed by atoms with van der Waals surface area (Å²) in [5.41, 5.74) is 0.288. The number of carboxylic acids is 1. The first kappa shape index (κ1) is 12.6. The Morgan fingerprint density at radius 2 is 2.21 bits per heavy atom. The largest absolute Gasteiger partial charge is 0.478 e. The van der Waals surface area contributed by atoms with Crippen molar-refractivity contribution in [3.63, 3.8) is 0 Å². The Morgan fingerprint density at radius 1 is 1.47 bits per heavy atom. The summed E-state index contributed by atoms with van der Waals surface area (Å²) in [5.74, 6) is -1.23. The van der Waals surface area contributed by atoms with Gasteiger partial charge in [-0.3, -0.25) is 15.2 Å². The third-order valence-corrected chi connectivity index (χ3v) is 2.30. The molecule has 0 amide bonds. The first-order valence-corrected chi connectivity index (χ1v) is 5.19. The number of hydrogen-bond acceptors (Lipinski definition) is 5. The van der Waals surface area contributed by atoms with Gasteiger partial charge in [0.05, 0.1) is 11.0 Å². The molecule has 0 fully saturated rings. The summed E-state index contributed by atoms with van der Waals surface area (Å²) in [6.07, 6.45) is 0. The SMILES string of the molecule is Cc1cc(Oc2cc([N+](=O)[O-])ccc2C(=O)O)n[nH]1. The van der Waals surface area contributed by atoms with Gasteiger partial charge in [0.25, 0.3) is 5.69 Å². The van der Waals surface area contributed by atoms with Crippen molar-refractivity contribution >= 4 is 11.7 Å². The van der Waals surface area contributed by atoms with E-state index in [9.17, 15) is 14.9 Å². The molecule has 8 heteroatoms. The standard InChI is InChI=1S/C11H9N3O5/c1-6-4-10(13-12-6)19-9-5-7(14(17)18)2-3-8(9)11(15)16/h2-5H,1H3,(H,12,13)(H,15,16). The Morgan fingerprint density at radius 3 is 2.74 bits per heavy atom.